The van der Waals surface area contributed by atoms with Crippen molar-refractivity contribution in [2.45, 2.75) is 32.3 Å². The summed E-state index contributed by atoms with van der Waals surface area (Å²) in [4.78, 5) is 0. The first kappa shape index (κ1) is 12.4. The van der Waals surface area contributed by atoms with Crippen LogP contribution in [-0.4, -0.2) is 24.9 Å². The molecule has 94 valence electrons. The van der Waals surface area contributed by atoms with E-state index in [1.54, 1.807) is 0 Å². The van der Waals surface area contributed by atoms with Crippen molar-refractivity contribution in [2.24, 2.45) is 0 Å². The second-order valence-electron chi connectivity index (χ2n) is 4.38. The molecule has 1 aliphatic carbocycles. The van der Waals surface area contributed by atoms with E-state index in [2.05, 4.69) is 6.92 Å². The van der Waals surface area contributed by atoms with Crippen LogP contribution in [0.1, 0.15) is 37.0 Å². The first-order valence-electron chi connectivity index (χ1n) is 6.32. The quantitative estimate of drug-likeness (QED) is 0.771. The van der Waals surface area contributed by atoms with Crippen molar-refractivity contribution in [1.82, 2.24) is 0 Å². The van der Waals surface area contributed by atoms with Crippen LogP contribution >= 0.6 is 0 Å². The highest BCUT2D eigenvalue weighted by atomic mass is 16.5. The van der Waals surface area contributed by atoms with Crippen LogP contribution in [0, 0.1) is 0 Å². The normalized spacial score (nSPS) is 18.1. The summed E-state index contributed by atoms with van der Waals surface area (Å²) in [5.74, 6) is 0.873. The van der Waals surface area contributed by atoms with Gasteiger partial charge in [-0.3, -0.25) is 0 Å². The molecule has 0 fully saturated rings. The van der Waals surface area contributed by atoms with Gasteiger partial charge in [0.1, 0.15) is 12.4 Å². The van der Waals surface area contributed by atoms with E-state index in [1.807, 2.05) is 18.2 Å². The van der Waals surface area contributed by atoms with E-state index >= 15 is 0 Å². The molecule has 0 saturated heterocycles. The van der Waals surface area contributed by atoms with E-state index < -0.39 is 0 Å². The summed E-state index contributed by atoms with van der Waals surface area (Å²) in [6.45, 7) is 4.10. The van der Waals surface area contributed by atoms with Gasteiger partial charge in [-0.05, 0) is 42.5 Å². The molecule has 1 aromatic carbocycles. The van der Waals surface area contributed by atoms with E-state index in [0.717, 1.165) is 37.2 Å². The fourth-order valence-electron chi connectivity index (χ4n) is 2.13. The van der Waals surface area contributed by atoms with Crippen LogP contribution in [0.5, 0.6) is 5.75 Å². The average Bonchev–Trinajstić information content (AvgIpc) is 2.71. The van der Waals surface area contributed by atoms with Crippen molar-refractivity contribution in [1.29, 1.82) is 0 Å². The third-order valence-corrected chi connectivity index (χ3v) is 3.01. The maximum atomic E-state index is 9.68. The number of fused-ring (bicyclic) bond motifs is 1. The Balaban J connectivity index is 1.82. The Morgan fingerprint density at radius 2 is 2.18 bits per heavy atom. The number of aryl methyl sites for hydroxylation is 1. The molecule has 1 aromatic rings. The minimum Gasteiger partial charge on any atom is -0.491 e. The highest BCUT2D eigenvalue weighted by Crippen LogP contribution is 2.33. The van der Waals surface area contributed by atoms with Gasteiger partial charge < -0.3 is 14.6 Å². The second kappa shape index (κ2) is 6.03. The molecule has 0 aliphatic heterocycles. The fourth-order valence-corrected chi connectivity index (χ4v) is 2.13. The molecule has 1 N–H and O–H groups in total. The van der Waals surface area contributed by atoms with Crippen molar-refractivity contribution in [3.8, 4) is 5.75 Å². The minimum atomic E-state index is -0.285. The number of aliphatic hydroxyl groups is 1. The topological polar surface area (TPSA) is 38.7 Å². The summed E-state index contributed by atoms with van der Waals surface area (Å²) in [6.07, 6.45) is 2.53. The molecule has 1 atom stereocenters. The van der Waals surface area contributed by atoms with Crippen LogP contribution in [0.2, 0.25) is 0 Å². The zero-order valence-electron chi connectivity index (χ0n) is 10.3. The van der Waals surface area contributed by atoms with Gasteiger partial charge in [-0.15, -0.1) is 0 Å². The Hall–Kier alpha value is -1.06. The average molecular weight is 236 g/mol. The molecule has 0 heterocycles. The zero-order chi connectivity index (χ0) is 12.1. The van der Waals surface area contributed by atoms with E-state index in [-0.39, 0.29) is 6.10 Å². The first-order chi connectivity index (χ1) is 8.31. The Morgan fingerprint density at radius 1 is 1.29 bits per heavy atom. The summed E-state index contributed by atoms with van der Waals surface area (Å²) in [6, 6.07) is 5.92. The molecule has 0 saturated carbocycles. The van der Waals surface area contributed by atoms with E-state index in [9.17, 15) is 5.11 Å². The molecule has 0 spiro atoms. The SMILES string of the molecule is CCCOCCOc1ccc2c(c1)CCC2O. The van der Waals surface area contributed by atoms with Crippen LogP contribution in [0.25, 0.3) is 0 Å². The van der Waals surface area contributed by atoms with Crippen LogP contribution in [0.3, 0.4) is 0 Å². The van der Waals surface area contributed by atoms with Gasteiger partial charge in [0, 0.05) is 6.61 Å². The van der Waals surface area contributed by atoms with Gasteiger partial charge in [0.2, 0.25) is 0 Å². The van der Waals surface area contributed by atoms with Gasteiger partial charge >= 0.3 is 0 Å². The van der Waals surface area contributed by atoms with E-state index in [1.165, 1.54) is 5.56 Å². The monoisotopic (exact) mass is 236 g/mol. The number of hydrogen-bond donors (Lipinski definition) is 1. The van der Waals surface area contributed by atoms with Crippen LogP contribution in [0.15, 0.2) is 18.2 Å². The lowest BCUT2D eigenvalue weighted by molar-refractivity contribution is 0.101. The molecule has 0 radical (unpaired) electrons. The predicted octanol–water partition coefficient (Wildman–Crippen LogP) is 2.47. The van der Waals surface area contributed by atoms with Crippen molar-refractivity contribution in [3.05, 3.63) is 29.3 Å². The van der Waals surface area contributed by atoms with Gasteiger partial charge in [0.05, 0.1) is 12.7 Å². The van der Waals surface area contributed by atoms with E-state index in [0.29, 0.717) is 13.2 Å². The van der Waals surface area contributed by atoms with Crippen molar-refractivity contribution in [3.63, 3.8) is 0 Å². The van der Waals surface area contributed by atoms with Crippen molar-refractivity contribution in [2.75, 3.05) is 19.8 Å². The van der Waals surface area contributed by atoms with Crippen LogP contribution < -0.4 is 4.74 Å². The fraction of sp³-hybridized carbons (Fsp3) is 0.571. The molecule has 2 rings (SSSR count). The first-order valence-corrected chi connectivity index (χ1v) is 6.32. The molecule has 1 unspecified atom stereocenters. The summed E-state index contributed by atoms with van der Waals surface area (Å²) in [5, 5.41) is 9.68. The molecule has 0 amide bonds. The largest absolute Gasteiger partial charge is 0.491 e. The minimum absolute atomic E-state index is 0.285. The number of rotatable bonds is 6. The smallest absolute Gasteiger partial charge is 0.119 e. The number of benzene rings is 1. The third-order valence-electron chi connectivity index (χ3n) is 3.01. The van der Waals surface area contributed by atoms with Gasteiger partial charge in [-0.2, -0.15) is 0 Å². The predicted molar refractivity (Wildman–Crippen MR) is 66.3 cm³/mol. The number of ether oxygens (including phenoxy) is 2. The standard InChI is InChI=1S/C14H20O3/c1-2-7-16-8-9-17-12-4-5-13-11(10-12)3-6-14(13)15/h4-5,10,14-15H,2-3,6-9H2,1H3. The van der Waals surface area contributed by atoms with E-state index in [4.69, 9.17) is 9.47 Å². The number of hydrogen-bond acceptors (Lipinski definition) is 3. The third kappa shape index (κ3) is 3.20. The molecular formula is C14H20O3. The molecule has 3 nitrogen and oxygen atoms in total. The highest BCUT2D eigenvalue weighted by Gasteiger charge is 2.20. The van der Waals surface area contributed by atoms with Gasteiger partial charge in [0.15, 0.2) is 0 Å². The molecule has 0 aromatic heterocycles. The van der Waals surface area contributed by atoms with Gasteiger partial charge in [-0.25, -0.2) is 0 Å². The van der Waals surface area contributed by atoms with Crippen molar-refractivity contribution >= 4 is 0 Å². The molecule has 1 aliphatic rings. The van der Waals surface area contributed by atoms with Crippen LogP contribution in [0.4, 0.5) is 0 Å². The lowest BCUT2D eigenvalue weighted by Gasteiger charge is -2.09. The molecular weight excluding hydrogens is 216 g/mol. The Labute approximate surface area is 102 Å². The summed E-state index contributed by atoms with van der Waals surface area (Å²) in [5.41, 5.74) is 2.27. The zero-order valence-corrected chi connectivity index (χ0v) is 10.3. The van der Waals surface area contributed by atoms with Gasteiger partial charge in [0.25, 0.3) is 0 Å². The molecule has 0 bridgehead atoms. The van der Waals surface area contributed by atoms with Crippen molar-refractivity contribution < 1.29 is 14.6 Å². The Morgan fingerprint density at radius 3 is 3.00 bits per heavy atom. The summed E-state index contributed by atoms with van der Waals surface area (Å²) in [7, 11) is 0. The lowest BCUT2D eigenvalue weighted by Crippen LogP contribution is -2.07. The second-order valence-corrected chi connectivity index (χ2v) is 4.38. The number of aliphatic hydroxyl groups excluding tert-OH is 1. The van der Waals surface area contributed by atoms with Crippen LogP contribution in [-0.2, 0) is 11.2 Å². The lowest BCUT2D eigenvalue weighted by atomic mass is 10.1. The summed E-state index contributed by atoms with van der Waals surface area (Å²) < 4.78 is 11.0. The summed E-state index contributed by atoms with van der Waals surface area (Å²) >= 11 is 0. The highest BCUT2D eigenvalue weighted by molar-refractivity contribution is 5.39. The molecule has 17 heavy (non-hydrogen) atoms. The molecule has 3 heteroatoms. The Kier molecular flexibility index (Phi) is 4.40. The maximum Gasteiger partial charge on any atom is 0.119 e. The maximum absolute atomic E-state index is 9.68. The van der Waals surface area contributed by atoms with Gasteiger partial charge in [-0.1, -0.05) is 13.0 Å². The Bertz CT molecular complexity index is 362.